The van der Waals surface area contributed by atoms with Gasteiger partial charge in [0.05, 0.1) is 22.8 Å². The van der Waals surface area contributed by atoms with Gasteiger partial charge in [0, 0.05) is 10.7 Å². The number of benzene rings is 3. The van der Waals surface area contributed by atoms with Crippen molar-refractivity contribution in [3.63, 3.8) is 0 Å². The highest BCUT2D eigenvalue weighted by Gasteiger charge is 2.21. The summed E-state index contributed by atoms with van der Waals surface area (Å²) in [6.07, 6.45) is 0. The van der Waals surface area contributed by atoms with Crippen molar-refractivity contribution in [1.29, 1.82) is 0 Å². The number of imidazole rings is 1. The molecule has 164 valence electrons. The van der Waals surface area contributed by atoms with Crippen LogP contribution in [0.2, 0.25) is 5.02 Å². The Morgan fingerprint density at radius 1 is 1.06 bits per heavy atom. The van der Waals surface area contributed by atoms with Crippen molar-refractivity contribution in [2.45, 2.75) is 44.6 Å². The average Bonchev–Trinajstić information content (AvgIpc) is 3.07. The molecule has 0 aliphatic carbocycles. The van der Waals surface area contributed by atoms with Gasteiger partial charge in [0.15, 0.2) is 5.16 Å². The van der Waals surface area contributed by atoms with Crippen molar-refractivity contribution in [1.82, 2.24) is 9.55 Å². The van der Waals surface area contributed by atoms with Crippen molar-refractivity contribution < 1.29 is 4.79 Å². The van der Waals surface area contributed by atoms with E-state index in [1.54, 1.807) is 0 Å². The van der Waals surface area contributed by atoms with Crippen LogP contribution in [-0.2, 0) is 11.3 Å². The number of rotatable bonds is 6. The molecule has 0 fully saturated rings. The Morgan fingerprint density at radius 3 is 2.44 bits per heavy atom. The van der Waals surface area contributed by atoms with Crippen LogP contribution in [0, 0.1) is 20.8 Å². The van der Waals surface area contributed by atoms with E-state index in [0.717, 1.165) is 33.0 Å². The van der Waals surface area contributed by atoms with Crippen LogP contribution in [0.4, 0.5) is 5.69 Å². The number of amides is 1. The molecule has 4 rings (SSSR count). The van der Waals surface area contributed by atoms with Crippen LogP contribution in [0.5, 0.6) is 0 Å². The van der Waals surface area contributed by atoms with Crippen LogP contribution in [0.3, 0.4) is 0 Å². The van der Waals surface area contributed by atoms with Crippen LogP contribution >= 0.6 is 23.4 Å². The minimum absolute atomic E-state index is 0.0404. The Labute approximate surface area is 198 Å². The summed E-state index contributed by atoms with van der Waals surface area (Å²) in [6, 6.07) is 20.2. The number of anilines is 1. The Hall–Kier alpha value is -2.76. The minimum Gasteiger partial charge on any atom is -0.325 e. The van der Waals surface area contributed by atoms with Gasteiger partial charge in [-0.1, -0.05) is 71.4 Å². The zero-order valence-electron chi connectivity index (χ0n) is 18.6. The zero-order valence-corrected chi connectivity index (χ0v) is 20.2. The fraction of sp³-hybridized carbons (Fsp3) is 0.231. The Kier molecular flexibility index (Phi) is 6.58. The minimum atomic E-state index is -0.322. The first-order chi connectivity index (χ1) is 15.3. The summed E-state index contributed by atoms with van der Waals surface area (Å²) < 4.78 is 2.15. The SMILES string of the molecule is Cc1cc(C)c(NC(=O)C(C)Sc2nc3cc(Cl)ccc3n2Cc2ccccc2)c(C)c1. The number of thioether (sulfide) groups is 1. The number of aromatic nitrogens is 2. The Morgan fingerprint density at radius 2 is 1.75 bits per heavy atom. The molecule has 0 aliphatic rings. The number of carbonyl (C=O) groups is 1. The average molecular weight is 464 g/mol. The maximum Gasteiger partial charge on any atom is 0.237 e. The number of nitrogens with one attached hydrogen (secondary N) is 1. The monoisotopic (exact) mass is 463 g/mol. The predicted molar refractivity (Wildman–Crippen MR) is 135 cm³/mol. The number of nitrogens with zero attached hydrogens (tertiary/aromatic N) is 2. The fourth-order valence-electron chi connectivity index (χ4n) is 3.90. The number of hydrogen-bond donors (Lipinski definition) is 1. The summed E-state index contributed by atoms with van der Waals surface area (Å²) in [5.74, 6) is -0.0404. The molecule has 0 radical (unpaired) electrons. The van der Waals surface area contributed by atoms with E-state index in [9.17, 15) is 4.79 Å². The van der Waals surface area contributed by atoms with Crippen LogP contribution in [-0.4, -0.2) is 20.7 Å². The van der Waals surface area contributed by atoms with Crippen molar-refractivity contribution in [2.75, 3.05) is 5.32 Å². The molecule has 0 spiro atoms. The van der Waals surface area contributed by atoms with E-state index in [1.165, 1.54) is 22.9 Å². The standard InChI is InChI=1S/C26H26ClN3OS/c1-16-12-17(2)24(18(3)13-16)29-25(31)19(4)32-26-28-22-14-21(27)10-11-23(22)30(26)15-20-8-6-5-7-9-20/h5-14,19H,15H2,1-4H3,(H,29,31). The van der Waals surface area contributed by atoms with Gasteiger partial charge in [-0.15, -0.1) is 0 Å². The van der Waals surface area contributed by atoms with Crippen molar-refractivity contribution >= 4 is 46.0 Å². The first-order valence-corrected chi connectivity index (χ1v) is 11.8. The summed E-state index contributed by atoms with van der Waals surface area (Å²) >= 11 is 7.67. The number of halogens is 1. The van der Waals surface area contributed by atoms with Crippen molar-refractivity contribution in [3.8, 4) is 0 Å². The van der Waals surface area contributed by atoms with E-state index >= 15 is 0 Å². The molecule has 6 heteroatoms. The van der Waals surface area contributed by atoms with Crippen molar-refractivity contribution in [3.05, 3.63) is 87.9 Å². The van der Waals surface area contributed by atoms with Crippen LogP contribution in [0.15, 0.2) is 65.8 Å². The zero-order chi connectivity index (χ0) is 22.8. The topological polar surface area (TPSA) is 46.9 Å². The van der Waals surface area contributed by atoms with Gasteiger partial charge in [-0.2, -0.15) is 0 Å². The number of carbonyl (C=O) groups excluding carboxylic acids is 1. The molecule has 0 saturated heterocycles. The molecule has 4 aromatic rings. The normalized spacial score (nSPS) is 12.2. The second-order valence-corrected chi connectivity index (χ2v) is 9.87. The van der Waals surface area contributed by atoms with Gasteiger partial charge < -0.3 is 9.88 Å². The molecule has 3 aromatic carbocycles. The number of aryl methyl sites for hydroxylation is 3. The molecule has 1 unspecified atom stereocenters. The molecule has 0 bridgehead atoms. The first-order valence-electron chi connectivity index (χ1n) is 10.6. The molecular weight excluding hydrogens is 438 g/mol. The summed E-state index contributed by atoms with van der Waals surface area (Å²) in [5, 5.41) is 4.24. The van der Waals surface area contributed by atoms with E-state index in [2.05, 4.69) is 41.1 Å². The summed E-state index contributed by atoms with van der Waals surface area (Å²) in [6.45, 7) is 8.70. The third-order valence-corrected chi connectivity index (χ3v) is 6.76. The molecular formula is C26H26ClN3OS. The third-order valence-electron chi connectivity index (χ3n) is 5.44. The smallest absolute Gasteiger partial charge is 0.237 e. The second-order valence-electron chi connectivity index (χ2n) is 8.12. The van der Waals surface area contributed by atoms with Gasteiger partial charge in [-0.25, -0.2) is 4.98 Å². The van der Waals surface area contributed by atoms with Gasteiger partial charge in [-0.3, -0.25) is 4.79 Å². The molecule has 1 amide bonds. The van der Waals surface area contributed by atoms with Gasteiger partial charge in [-0.05, 0) is 62.6 Å². The van der Waals surface area contributed by atoms with E-state index in [-0.39, 0.29) is 11.2 Å². The van der Waals surface area contributed by atoms with Gasteiger partial charge in [0.2, 0.25) is 5.91 Å². The Balaban J connectivity index is 1.61. The Bertz CT molecular complexity index is 1260. The lowest BCUT2D eigenvalue weighted by Gasteiger charge is -2.16. The fourth-order valence-corrected chi connectivity index (χ4v) is 4.99. The summed E-state index contributed by atoms with van der Waals surface area (Å²) in [7, 11) is 0. The summed E-state index contributed by atoms with van der Waals surface area (Å²) in [5.41, 5.74) is 7.21. The summed E-state index contributed by atoms with van der Waals surface area (Å²) in [4.78, 5) is 17.9. The second kappa shape index (κ2) is 9.39. The lowest BCUT2D eigenvalue weighted by Crippen LogP contribution is -2.24. The highest BCUT2D eigenvalue weighted by atomic mass is 35.5. The molecule has 1 aromatic heterocycles. The van der Waals surface area contributed by atoms with E-state index in [0.29, 0.717) is 11.6 Å². The lowest BCUT2D eigenvalue weighted by atomic mass is 10.1. The maximum absolute atomic E-state index is 13.1. The molecule has 1 atom stereocenters. The molecule has 0 saturated carbocycles. The van der Waals surface area contributed by atoms with Crippen LogP contribution in [0.1, 0.15) is 29.2 Å². The molecule has 1 heterocycles. The molecule has 32 heavy (non-hydrogen) atoms. The molecule has 4 nitrogen and oxygen atoms in total. The maximum atomic E-state index is 13.1. The van der Waals surface area contributed by atoms with Crippen molar-refractivity contribution in [2.24, 2.45) is 0 Å². The molecule has 1 N–H and O–H groups in total. The highest BCUT2D eigenvalue weighted by Crippen LogP contribution is 2.31. The van der Waals surface area contributed by atoms with Crippen LogP contribution < -0.4 is 5.32 Å². The lowest BCUT2D eigenvalue weighted by molar-refractivity contribution is -0.115. The number of hydrogen-bond acceptors (Lipinski definition) is 3. The van der Waals surface area contributed by atoms with Gasteiger partial charge >= 0.3 is 0 Å². The van der Waals surface area contributed by atoms with Gasteiger partial charge in [0.25, 0.3) is 0 Å². The first kappa shape index (κ1) is 22.4. The van der Waals surface area contributed by atoms with E-state index in [1.807, 2.05) is 57.2 Å². The van der Waals surface area contributed by atoms with Crippen LogP contribution in [0.25, 0.3) is 11.0 Å². The third kappa shape index (κ3) is 4.84. The highest BCUT2D eigenvalue weighted by molar-refractivity contribution is 8.00. The van der Waals surface area contributed by atoms with Gasteiger partial charge in [0.1, 0.15) is 0 Å². The molecule has 0 aliphatic heterocycles. The quantitative estimate of drug-likeness (QED) is 0.320. The number of fused-ring (bicyclic) bond motifs is 1. The van der Waals surface area contributed by atoms with E-state index in [4.69, 9.17) is 16.6 Å². The predicted octanol–water partition coefficient (Wildman–Crippen LogP) is 6.78. The van der Waals surface area contributed by atoms with E-state index < -0.39 is 0 Å². The largest absolute Gasteiger partial charge is 0.325 e.